The summed E-state index contributed by atoms with van der Waals surface area (Å²) in [5.74, 6) is -1.75. The molecule has 2 aromatic rings. The maximum atomic E-state index is 12.3. The molecule has 0 spiro atoms. The van der Waals surface area contributed by atoms with Gasteiger partial charge in [-0.05, 0) is 43.9 Å². The molecule has 2 aromatic heterocycles. The highest BCUT2D eigenvalue weighted by atomic mass is 32.1. The van der Waals surface area contributed by atoms with E-state index in [9.17, 15) is 14.4 Å². The van der Waals surface area contributed by atoms with Crippen molar-refractivity contribution in [2.24, 2.45) is 0 Å². The van der Waals surface area contributed by atoms with E-state index < -0.39 is 17.9 Å². The summed E-state index contributed by atoms with van der Waals surface area (Å²) in [6.45, 7) is 5.15. The number of esters is 3. The predicted octanol–water partition coefficient (Wildman–Crippen LogP) is 3.49. The zero-order valence-electron chi connectivity index (χ0n) is 15.4. The Labute approximate surface area is 160 Å². The van der Waals surface area contributed by atoms with Crippen LogP contribution in [0, 0.1) is 6.92 Å². The lowest BCUT2D eigenvalue weighted by Crippen LogP contribution is -2.10. The van der Waals surface area contributed by atoms with Crippen LogP contribution in [0.4, 0.5) is 0 Å². The van der Waals surface area contributed by atoms with E-state index in [1.54, 1.807) is 26.8 Å². The molecular weight excluding hydrogens is 370 g/mol. The SMILES string of the molecule is CCOC(=O)c1[nH]c(COC(=O)/C=C/c2cccs2)c(C(=O)OCC)c1C. The van der Waals surface area contributed by atoms with Crippen LogP contribution in [0.5, 0.6) is 0 Å². The number of aromatic amines is 1. The van der Waals surface area contributed by atoms with Gasteiger partial charge in [0.1, 0.15) is 12.3 Å². The predicted molar refractivity (Wildman–Crippen MR) is 101 cm³/mol. The number of thiophene rings is 1. The molecule has 0 atom stereocenters. The summed E-state index contributed by atoms with van der Waals surface area (Å²) in [5, 5.41) is 1.90. The van der Waals surface area contributed by atoms with Crippen molar-refractivity contribution in [3.8, 4) is 0 Å². The van der Waals surface area contributed by atoms with Crippen molar-refractivity contribution in [3.63, 3.8) is 0 Å². The van der Waals surface area contributed by atoms with E-state index in [2.05, 4.69) is 4.98 Å². The van der Waals surface area contributed by atoms with E-state index in [0.717, 1.165) is 4.88 Å². The molecule has 27 heavy (non-hydrogen) atoms. The maximum absolute atomic E-state index is 12.3. The molecule has 0 aliphatic rings. The molecule has 2 rings (SSSR count). The summed E-state index contributed by atoms with van der Waals surface area (Å²) >= 11 is 1.49. The van der Waals surface area contributed by atoms with E-state index >= 15 is 0 Å². The number of hydrogen-bond acceptors (Lipinski definition) is 7. The lowest BCUT2D eigenvalue weighted by molar-refractivity contribution is -0.139. The Morgan fingerprint density at radius 3 is 2.44 bits per heavy atom. The highest BCUT2D eigenvalue weighted by Crippen LogP contribution is 2.21. The third-order valence-electron chi connectivity index (χ3n) is 3.57. The molecular formula is C19H21NO6S. The number of H-pyrrole nitrogens is 1. The Morgan fingerprint density at radius 2 is 1.81 bits per heavy atom. The fourth-order valence-corrected chi connectivity index (χ4v) is 3.00. The number of rotatable bonds is 8. The minimum absolute atomic E-state index is 0.139. The molecule has 0 aliphatic carbocycles. The summed E-state index contributed by atoms with van der Waals surface area (Å²) in [4.78, 5) is 40.0. The lowest BCUT2D eigenvalue weighted by Gasteiger charge is -2.05. The van der Waals surface area contributed by atoms with Gasteiger partial charge in [-0.1, -0.05) is 6.07 Å². The van der Waals surface area contributed by atoms with Gasteiger partial charge in [-0.25, -0.2) is 14.4 Å². The van der Waals surface area contributed by atoms with Gasteiger partial charge >= 0.3 is 17.9 Å². The van der Waals surface area contributed by atoms with Gasteiger partial charge in [0, 0.05) is 11.0 Å². The fraction of sp³-hybridized carbons (Fsp3) is 0.316. The van der Waals surface area contributed by atoms with Crippen LogP contribution >= 0.6 is 11.3 Å². The van der Waals surface area contributed by atoms with Crippen molar-refractivity contribution >= 4 is 35.3 Å². The van der Waals surface area contributed by atoms with E-state index in [1.807, 2.05) is 17.5 Å². The number of nitrogens with one attached hydrogen (secondary N) is 1. The third-order valence-corrected chi connectivity index (χ3v) is 4.41. The van der Waals surface area contributed by atoms with Crippen molar-refractivity contribution in [2.45, 2.75) is 27.4 Å². The van der Waals surface area contributed by atoms with E-state index in [0.29, 0.717) is 5.56 Å². The minimum Gasteiger partial charge on any atom is -0.462 e. The molecule has 0 saturated carbocycles. The van der Waals surface area contributed by atoms with Crippen LogP contribution in [0.2, 0.25) is 0 Å². The normalized spacial score (nSPS) is 10.8. The van der Waals surface area contributed by atoms with Gasteiger partial charge in [0.05, 0.1) is 24.5 Å². The summed E-state index contributed by atoms with van der Waals surface area (Å²) in [6, 6.07) is 3.74. The Morgan fingerprint density at radius 1 is 1.11 bits per heavy atom. The van der Waals surface area contributed by atoms with Crippen LogP contribution in [0.3, 0.4) is 0 Å². The number of aromatic nitrogens is 1. The first kappa shape index (κ1) is 20.4. The number of ether oxygens (including phenoxy) is 3. The van der Waals surface area contributed by atoms with Crippen LogP contribution in [0.25, 0.3) is 6.08 Å². The van der Waals surface area contributed by atoms with E-state index in [-0.39, 0.29) is 36.8 Å². The fourth-order valence-electron chi connectivity index (χ4n) is 2.38. The molecule has 7 nitrogen and oxygen atoms in total. The van der Waals surface area contributed by atoms with Crippen LogP contribution in [0.15, 0.2) is 23.6 Å². The number of carbonyl (C=O) groups excluding carboxylic acids is 3. The summed E-state index contributed by atoms with van der Waals surface area (Å²) in [5.41, 5.74) is 0.994. The van der Waals surface area contributed by atoms with Crippen LogP contribution < -0.4 is 0 Å². The zero-order chi connectivity index (χ0) is 19.8. The second-order valence-corrected chi connectivity index (χ2v) is 6.36. The first-order valence-electron chi connectivity index (χ1n) is 8.41. The van der Waals surface area contributed by atoms with Gasteiger partial charge in [0.15, 0.2) is 0 Å². The molecule has 144 valence electrons. The molecule has 2 heterocycles. The highest BCUT2D eigenvalue weighted by Gasteiger charge is 2.26. The van der Waals surface area contributed by atoms with Crippen molar-refractivity contribution in [1.29, 1.82) is 0 Å². The standard InChI is InChI=1S/C19H21NO6S/c1-4-24-18(22)16-12(3)17(19(23)25-5-2)20-14(16)11-26-15(21)9-8-13-7-6-10-27-13/h6-10,20H,4-5,11H2,1-3H3/b9-8+. The van der Waals surface area contributed by atoms with Crippen molar-refractivity contribution in [1.82, 2.24) is 4.98 Å². The average molecular weight is 391 g/mol. The molecule has 8 heteroatoms. The van der Waals surface area contributed by atoms with Crippen molar-refractivity contribution in [3.05, 3.63) is 51.0 Å². The van der Waals surface area contributed by atoms with Gasteiger partial charge in [-0.15, -0.1) is 11.3 Å². The molecule has 0 aromatic carbocycles. The van der Waals surface area contributed by atoms with Gasteiger partial charge < -0.3 is 19.2 Å². The van der Waals surface area contributed by atoms with Crippen LogP contribution in [0.1, 0.15) is 50.8 Å². The Balaban J connectivity index is 2.18. The molecule has 0 radical (unpaired) electrons. The van der Waals surface area contributed by atoms with E-state index in [1.165, 1.54) is 17.4 Å². The molecule has 0 aliphatic heterocycles. The zero-order valence-corrected chi connectivity index (χ0v) is 16.2. The molecule has 0 saturated heterocycles. The Hall–Kier alpha value is -2.87. The quantitative estimate of drug-likeness (QED) is 0.420. The molecule has 1 N–H and O–H groups in total. The van der Waals surface area contributed by atoms with Crippen molar-refractivity contribution in [2.75, 3.05) is 13.2 Å². The monoisotopic (exact) mass is 391 g/mol. The Bertz CT molecular complexity index is 835. The topological polar surface area (TPSA) is 94.7 Å². The molecule has 0 amide bonds. The first-order valence-corrected chi connectivity index (χ1v) is 9.29. The number of carbonyl (C=O) groups is 3. The largest absolute Gasteiger partial charge is 0.462 e. The molecule has 0 unspecified atom stereocenters. The van der Waals surface area contributed by atoms with Crippen molar-refractivity contribution < 1.29 is 28.6 Å². The van der Waals surface area contributed by atoms with Gasteiger partial charge in [-0.3, -0.25) is 0 Å². The van der Waals surface area contributed by atoms with Gasteiger partial charge in [0.25, 0.3) is 0 Å². The second-order valence-electron chi connectivity index (χ2n) is 5.38. The van der Waals surface area contributed by atoms with E-state index in [4.69, 9.17) is 14.2 Å². The first-order chi connectivity index (χ1) is 13.0. The van der Waals surface area contributed by atoms with Crippen LogP contribution in [-0.4, -0.2) is 36.1 Å². The third kappa shape index (κ3) is 5.30. The summed E-state index contributed by atoms with van der Waals surface area (Å²) < 4.78 is 15.2. The average Bonchev–Trinajstić information content (AvgIpc) is 3.26. The molecule has 0 fully saturated rings. The lowest BCUT2D eigenvalue weighted by atomic mass is 10.1. The highest BCUT2D eigenvalue weighted by molar-refractivity contribution is 7.10. The van der Waals surface area contributed by atoms with Gasteiger partial charge in [0.2, 0.25) is 0 Å². The molecule has 0 bridgehead atoms. The Kier molecular flexibility index (Phi) is 7.36. The smallest absolute Gasteiger partial charge is 0.355 e. The van der Waals surface area contributed by atoms with Crippen LogP contribution in [-0.2, 0) is 25.6 Å². The van der Waals surface area contributed by atoms with Gasteiger partial charge in [-0.2, -0.15) is 0 Å². The number of hydrogen-bond donors (Lipinski definition) is 1. The minimum atomic E-state index is -0.595. The summed E-state index contributed by atoms with van der Waals surface area (Å²) in [7, 11) is 0. The summed E-state index contributed by atoms with van der Waals surface area (Å²) in [6.07, 6.45) is 2.95. The second kappa shape index (κ2) is 9.72. The maximum Gasteiger partial charge on any atom is 0.355 e.